The van der Waals surface area contributed by atoms with E-state index in [1.807, 2.05) is 0 Å². The number of hydrogen-bond donors (Lipinski definition) is 0. The Bertz CT molecular complexity index is 345. The quantitative estimate of drug-likeness (QED) is 0.223. The molecule has 10 heteroatoms. The molecule has 0 aliphatic carbocycles. The van der Waals surface area contributed by atoms with Crippen LogP contribution >= 0.6 is 0 Å². The molecule has 1 aliphatic heterocycles. The second kappa shape index (κ2) is 10.4. The van der Waals surface area contributed by atoms with Crippen molar-refractivity contribution >= 4 is 37.5 Å². The number of carbonyl (C=O) groups excluding carboxylic acids is 6. The zero-order valence-corrected chi connectivity index (χ0v) is 12.6. The van der Waals surface area contributed by atoms with Crippen LogP contribution in [0, 0.1) is 0 Å². The minimum atomic E-state index is -0.407. The molecule has 0 N–H and O–H groups in total. The van der Waals surface area contributed by atoms with Crippen molar-refractivity contribution in [3.05, 3.63) is 0 Å². The van der Waals surface area contributed by atoms with Gasteiger partial charge in [0.1, 0.15) is 6.42 Å². The predicted molar refractivity (Wildman–Crippen MR) is 53.7 cm³/mol. The summed E-state index contributed by atoms with van der Waals surface area (Å²) in [7, 11) is 1.26. The summed E-state index contributed by atoms with van der Waals surface area (Å²) in [5.74, 6) is -0.814. The van der Waals surface area contributed by atoms with Crippen LogP contribution in [0.2, 0.25) is 0 Å². The van der Waals surface area contributed by atoms with Gasteiger partial charge in [0.15, 0.2) is 0 Å². The number of amides is 6. The number of carbonyl (C=O) groups is 2. The molecule has 101 valence electrons. The first kappa shape index (κ1) is 19.9. The number of nitrogens with zero attached hydrogens (tertiary/aromatic N) is 3. The third-order valence-electron chi connectivity index (χ3n) is 1.68. The Balaban J connectivity index is 0. The molecule has 0 saturated carbocycles. The Hall–Kier alpha value is -1.48. The molecule has 0 spiro atoms. The van der Waals surface area contributed by atoms with Gasteiger partial charge in [0.25, 0.3) is 0 Å². The summed E-state index contributed by atoms with van der Waals surface area (Å²) in [6.07, 6.45) is 4.80. The van der Waals surface area contributed by atoms with E-state index in [2.05, 4.69) is 0 Å². The number of hydrogen-bond acceptors (Lipinski definition) is 6. The van der Waals surface area contributed by atoms with Crippen molar-refractivity contribution in [2.24, 2.45) is 0 Å². The van der Waals surface area contributed by atoms with Gasteiger partial charge in [-0.25, -0.2) is 0 Å². The zero-order valence-electron chi connectivity index (χ0n) is 9.78. The van der Waals surface area contributed by atoms with Crippen LogP contribution in [0.25, 0.3) is 0 Å². The largest absolute Gasteiger partial charge is 0.639 e. The number of likely N-dealkylation sites (tertiary alicyclic amines) is 1. The van der Waals surface area contributed by atoms with Crippen LogP contribution in [0.5, 0.6) is 0 Å². The van der Waals surface area contributed by atoms with Crippen molar-refractivity contribution in [3.8, 4) is 0 Å². The van der Waals surface area contributed by atoms with E-state index >= 15 is 0 Å². The van der Waals surface area contributed by atoms with Crippen LogP contribution in [0.3, 0.4) is 0 Å². The standard InChI is InChI=1S/C6H4N2O4.C3H3NO2.Y/c9-3-7(4-10)2-8-5(11)1-6(8)12;1-4(2-5)3-6;/h1-2H2;1H3;/q2*-2;. The summed E-state index contributed by atoms with van der Waals surface area (Å²) in [5.41, 5.74) is 0. The molecule has 1 aliphatic rings. The van der Waals surface area contributed by atoms with Crippen molar-refractivity contribution in [2.75, 3.05) is 13.7 Å². The normalized spacial score (nSPS) is 11.9. The molecule has 6 amide bonds. The van der Waals surface area contributed by atoms with E-state index in [0.717, 1.165) is 4.90 Å². The minimum absolute atomic E-state index is 0. The second-order valence-electron chi connectivity index (χ2n) is 2.89. The summed E-state index contributed by atoms with van der Waals surface area (Å²) >= 11 is 0. The Kier molecular flexibility index (Phi) is 10.9. The number of imide groups is 3. The topological polar surface area (TPSA) is 112 Å². The summed E-state index contributed by atoms with van der Waals surface area (Å²) < 4.78 is 0. The Morgan fingerprint density at radius 2 is 1.42 bits per heavy atom. The fourth-order valence-electron chi connectivity index (χ4n) is 0.762. The van der Waals surface area contributed by atoms with Gasteiger partial charge in [0.2, 0.25) is 11.8 Å². The molecule has 1 radical (unpaired) electrons. The van der Waals surface area contributed by atoms with E-state index in [9.17, 15) is 28.8 Å². The maximum atomic E-state index is 10.6. The van der Waals surface area contributed by atoms with Gasteiger partial charge in [-0.3, -0.25) is 14.5 Å². The smallest absolute Gasteiger partial charge is 0.239 e. The molecule has 0 bridgehead atoms. The molecule has 1 heterocycles. The molecule has 0 atom stereocenters. The molecule has 0 aromatic rings. The average Bonchev–Trinajstić information content (AvgIpc) is 2.39. The monoisotopic (exact) mass is 342 g/mol. The molecule has 9 nitrogen and oxygen atoms in total. The van der Waals surface area contributed by atoms with Crippen LogP contribution in [0.4, 0.5) is 0 Å². The van der Waals surface area contributed by atoms with Crippen molar-refractivity contribution < 1.29 is 61.5 Å². The summed E-state index contributed by atoms with van der Waals surface area (Å²) in [6, 6.07) is 0. The summed E-state index contributed by atoms with van der Waals surface area (Å²) in [6.45, 7) is -0.384. The third kappa shape index (κ3) is 6.87. The molecular formula is C9H7N3O6Y-4. The number of β-lactam (4-membered cyclic amide) rings is 2. The SMILES string of the molecule is CN([C-]=O)[C-]=O.O=[C-]N([C-]=O)CN1C(=O)CC1=O.[Y]. The first-order chi connectivity index (χ1) is 8.49. The third-order valence-corrected chi connectivity index (χ3v) is 1.68. The van der Waals surface area contributed by atoms with Crippen molar-refractivity contribution in [1.82, 2.24) is 14.7 Å². The molecule has 0 unspecified atom stereocenters. The molecule has 0 aromatic carbocycles. The minimum Gasteiger partial charge on any atom is -0.639 e. The van der Waals surface area contributed by atoms with E-state index in [1.165, 1.54) is 32.7 Å². The molecular weight excluding hydrogens is 335 g/mol. The van der Waals surface area contributed by atoms with E-state index in [-0.39, 0.29) is 45.8 Å². The molecule has 1 fully saturated rings. The van der Waals surface area contributed by atoms with Gasteiger partial charge in [-0.05, 0) is 7.05 Å². The predicted octanol–water partition coefficient (Wildman–Crippen LogP) is -2.81. The van der Waals surface area contributed by atoms with Crippen molar-refractivity contribution in [2.45, 2.75) is 6.42 Å². The van der Waals surface area contributed by atoms with Gasteiger partial charge in [0.05, 0.1) is 6.67 Å². The fourth-order valence-corrected chi connectivity index (χ4v) is 0.762. The van der Waals surface area contributed by atoms with Gasteiger partial charge < -0.3 is 29.0 Å². The molecule has 1 rings (SSSR count). The van der Waals surface area contributed by atoms with E-state index in [4.69, 9.17) is 0 Å². The Morgan fingerprint density at radius 1 is 1.00 bits per heavy atom. The van der Waals surface area contributed by atoms with Crippen molar-refractivity contribution in [1.29, 1.82) is 0 Å². The van der Waals surface area contributed by atoms with Crippen molar-refractivity contribution in [3.63, 3.8) is 0 Å². The molecule has 0 aromatic heterocycles. The average molecular weight is 342 g/mol. The first-order valence-corrected chi connectivity index (χ1v) is 4.35. The van der Waals surface area contributed by atoms with Gasteiger partial charge in [-0.15, -0.1) is 0 Å². The van der Waals surface area contributed by atoms with Crippen LogP contribution in [0.1, 0.15) is 6.42 Å². The van der Waals surface area contributed by atoms with Crippen LogP contribution in [-0.4, -0.2) is 65.9 Å². The Morgan fingerprint density at radius 3 is 1.63 bits per heavy atom. The van der Waals surface area contributed by atoms with Gasteiger partial charge in [-0.1, -0.05) is 0 Å². The van der Waals surface area contributed by atoms with Gasteiger partial charge in [-0.2, -0.15) is 25.6 Å². The molecule has 19 heavy (non-hydrogen) atoms. The second-order valence-corrected chi connectivity index (χ2v) is 2.89. The summed E-state index contributed by atoms with van der Waals surface area (Å²) in [5, 5.41) is 0. The van der Waals surface area contributed by atoms with Crippen LogP contribution in [0.15, 0.2) is 0 Å². The van der Waals surface area contributed by atoms with Gasteiger partial charge in [0, 0.05) is 32.7 Å². The van der Waals surface area contributed by atoms with E-state index in [1.54, 1.807) is 0 Å². The zero-order chi connectivity index (χ0) is 14.1. The van der Waals surface area contributed by atoms with E-state index in [0.29, 0.717) is 9.80 Å². The maximum absolute atomic E-state index is 10.6. The first-order valence-electron chi connectivity index (χ1n) is 4.35. The Labute approximate surface area is 133 Å². The van der Waals surface area contributed by atoms with Crippen LogP contribution < -0.4 is 0 Å². The maximum Gasteiger partial charge on any atom is 0.239 e. The summed E-state index contributed by atoms with van der Waals surface area (Å²) in [4.78, 5) is 61.5. The fraction of sp³-hybridized carbons (Fsp3) is 0.333. The van der Waals surface area contributed by atoms with E-state index < -0.39 is 11.8 Å². The number of rotatable bonds is 6. The van der Waals surface area contributed by atoms with Crippen LogP contribution in [-0.2, 0) is 61.5 Å². The van der Waals surface area contributed by atoms with Gasteiger partial charge >= 0.3 is 0 Å². The molecule has 1 saturated heterocycles.